The van der Waals surface area contributed by atoms with E-state index >= 15 is 0 Å². The fraction of sp³-hybridized carbons (Fsp3) is 0.500. The number of likely N-dealkylation sites (N-methyl/N-ethyl adjacent to an activating group) is 1. The number of ether oxygens (including phenoxy) is 1. The second-order valence-corrected chi connectivity index (χ2v) is 5.85. The van der Waals surface area contributed by atoms with Crippen LogP contribution in [0.3, 0.4) is 0 Å². The van der Waals surface area contributed by atoms with Crippen LogP contribution in [0.5, 0.6) is 5.75 Å². The molecule has 1 aromatic rings. The molecule has 0 spiro atoms. The standard InChI is InChI=1S/C16H21N3O3/c1-18-6-8-19(9-7-18)5-4-14(21)12-2-3-13-15(10-12)22-16(11-20)17-13/h2-3,10-11,16-17H,4-9H2,1H3. The average Bonchev–Trinajstić information content (AvgIpc) is 2.96. The smallest absolute Gasteiger partial charge is 0.226 e. The summed E-state index contributed by atoms with van der Waals surface area (Å²) in [6.45, 7) is 4.93. The summed E-state index contributed by atoms with van der Waals surface area (Å²) in [7, 11) is 2.12. The summed E-state index contributed by atoms with van der Waals surface area (Å²) in [5.41, 5.74) is 1.40. The van der Waals surface area contributed by atoms with Gasteiger partial charge in [0.15, 0.2) is 12.1 Å². The number of rotatable bonds is 5. The Balaban J connectivity index is 1.56. The number of carbonyl (C=O) groups is 2. The summed E-state index contributed by atoms with van der Waals surface area (Å²) < 4.78 is 5.41. The van der Waals surface area contributed by atoms with Gasteiger partial charge in [-0.1, -0.05) is 0 Å². The zero-order valence-corrected chi connectivity index (χ0v) is 12.7. The monoisotopic (exact) mass is 303 g/mol. The number of ketones is 1. The van der Waals surface area contributed by atoms with Crippen molar-refractivity contribution in [3.8, 4) is 5.75 Å². The van der Waals surface area contributed by atoms with Gasteiger partial charge in [-0.25, -0.2) is 0 Å². The Morgan fingerprint density at radius 3 is 2.86 bits per heavy atom. The Bertz CT molecular complexity index is 568. The highest BCUT2D eigenvalue weighted by molar-refractivity contribution is 5.97. The molecule has 2 heterocycles. The highest BCUT2D eigenvalue weighted by Gasteiger charge is 2.22. The number of Topliss-reactive ketones (excluding diaryl/α,β-unsaturated/α-hetero) is 1. The molecule has 0 aromatic heterocycles. The van der Waals surface area contributed by atoms with Gasteiger partial charge in [0.05, 0.1) is 5.69 Å². The maximum absolute atomic E-state index is 12.3. The van der Waals surface area contributed by atoms with Crippen LogP contribution < -0.4 is 10.1 Å². The van der Waals surface area contributed by atoms with Crippen LogP contribution >= 0.6 is 0 Å². The minimum absolute atomic E-state index is 0.111. The van der Waals surface area contributed by atoms with Crippen molar-refractivity contribution < 1.29 is 14.3 Å². The molecule has 1 aromatic carbocycles. The second-order valence-electron chi connectivity index (χ2n) is 5.85. The van der Waals surface area contributed by atoms with Crippen LogP contribution in [-0.2, 0) is 4.79 Å². The van der Waals surface area contributed by atoms with Gasteiger partial charge in [0.2, 0.25) is 6.23 Å². The van der Waals surface area contributed by atoms with E-state index in [0.717, 1.165) is 38.4 Å². The Kier molecular flexibility index (Phi) is 4.40. The van der Waals surface area contributed by atoms with E-state index in [9.17, 15) is 9.59 Å². The molecule has 0 radical (unpaired) electrons. The average molecular weight is 303 g/mol. The van der Waals surface area contributed by atoms with Crippen LogP contribution in [0.25, 0.3) is 0 Å². The van der Waals surface area contributed by atoms with Crippen molar-refractivity contribution >= 4 is 17.8 Å². The van der Waals surface area contributed by atoms with Crippen molar-refractivity contribution in [2.75, 3.05) is 45.1 Å². The van der Waals surface area contributed by atoms with E-state index in [2.05, 4.69) is 22.2 Å². The Morgan fingerprint density at radius 2 is 2.14 bits per heavy atom. The molecule has 1 unspecified atom stereocenters. The Labute approximate surface area is 130 Å². The first-order chi connectivity index (χ1) is 10.7. The van der Waals surface area contributed by atoms with Gasteiger partial charge in [-0.2, -0.15) is 0 Å². The van der Waals surface area contributed by atoms with Gasteiger partial charge in [-0.15, -0.1) is 0 Å². The predicted molar refractivity (Wildman–Crippen MR) is 83.4 cm³/mol. The van der Waals surface area contributed by atoms with Gasteiger partial charge < -0.3 is 19.9 Å². The summed E-state index contributed by atoms with van der Waals surface area (Å²) in [6.07, 6.45) is 0.563. The first kappa shape index (κ1) is 15.0. The third-order valence-electron chi connectivity index (χ3n) is 4.23. The highest BCUT2D eigenvalue weighted by atomic mass is 16.5. The molecule has 22 heavy (non-hydrogen) atoms. The molecule has 0 amide bonds. The third-order valence-corrected chi connectivity index (χ3v) is 4.23. The van der Waals surface area contributed by atoms with Gasteiger partial charge in [-0.3, -0.25) is 9.59 Å². The van der Waals surface area contributed by atoms with Crippen LogP contribution in [0.15, 0.2) is 18.2 Å². The number of hydrogen-bond acceptors (Lipinski definition) is 6. The van der Waals surface area contributed by atoms with Gasteiger partial charge in [0.1, 0.15) is 5.75 Å². The van der Waals surface area contributed by atoms with E-state index in [4.69, 9.17) is 4.74 Å². The minimum Gasteiger partial charge on any atom is -0.461 e. The molecule has 2 aliphatic rings. The van der Waals surface area contributed by atoms with Gasteiger partial charge >= 0.3 is 0 Å². The minimum atomic E-state index is -0.648. The molecule has 6 heteroatoms. The van der Waals surface area contributed by atoms with Crippen molar-refractivity contribution in [2.45, 2.75) is 12.6 Å². The number of nitrogens with zero attached hydrogens (tertiary/aromatic N) is 2. The molecular formula is C16H21N3O3. The molecule has 3 rings (SSSR count). The number of nitrogens with one attached hydrogen (secondary N) is 1. The lowest BCUT2D eigenvalue weighted by molar-refractivity contribution is -0.112. The molecule has 1 fully saturated rings. The van der Waals surface area contributed by atoms with Gasteiger partial charge in [0.25, 0.3) is 0 Å². The Morgan fingerprint density at radius 1 is 1.36 bits per heavy atom. The van der Waals surface area contributed by atoms with E-state index in [1.165, 1.54) is 0 Å². The van der Waals surface area contributed by atoms with Crippen molar-refractivity contribution in [3.63, 3.8) is 0 Å². The molecule has 0 aliphatic carbocycles. The maximum Gasteiger partial charge on any atom is 0.226 e. The van der Waals surface area contributed by atoms with E-state index in [1.807, 2.05) is 0 Å². The van der Waals surface area contributed by atoms with E-state index in [0.29, 0.717) is 24.0 Å². The topological polar surface area (TPSA) is 61.9 Å². The summed E-state index contributed by atoms with van der Waals surface area (Å²) in [5.74, 6) is 0.683. The molecule has 1 N–H and O–H groups in total. The fourth-order valence-corrected chi connectivity index (χ4v) is 2.77. The largest absolute Gasteiger partial charge is 0.461 e. The zero-order chi connectivity index (χ0) is 15.5. The molecule has 6 nitrogen and oxygen atoms in total. The lowest BCUT2D eigenvalue weighted by Crippen LogP contribution is -2.45. The number of aldehydes is 1. The molecule has 1 atom stereocenters. The number of fused-ring (bicyclic) bond motifs is 1. The number of anilines is 1. The first-order valence-corrected chi connectivity index (χ1v) is 7.62. The lowest BCUT2D eigenvalue weighted by Gasteiger charge is -2.32. The summed E-state index contributed by atoms with van der Waals surface area (Å²) >= 11 is 0. The molecule has 118 valence electrons. The first-order valence-electron chi connectivity index (χ1n) is 7.62. The van der Waals surface area contributed by atoms with E-state index in [-0.39, 0.29) is 5.78 Å². The summed E-state index contributed by atoms with van der Waals surface area (Å²) in [5, 5.41) is 2.92. The van der Waals surface area contributed by atoms with Gasteiger partial charge in [0, 0.05) is 44.7 Å². The third kappa shape index (κ3) is 3.28. The molecule has 1 saturated heterocycles. The predicted octanol–water partition coefficient (Wildman–Crippen LogP) is 0.836. The van der Waals surface area contributed by atoms with Crippen LogP contribution in [-0.4, -0.2) is 67.9 Å². The van der Waals surface area contributed by atoms with Gasteiger partial charge in [-0.05, 0) is 25.2 Å². The number of carbonyl (C=O) groups excluding carboxylic acids is 2. The molecule has 0 saturated carbocycles. The second kappa shape index (κ2) is 6.46. The van der Waals surface area contributed by atoms with Crippen molar-refractivity contribution in [2.24, 2.45) is 0 Å². The number of benzene rings is 1. The van der Waals surface area contributed by atoms with Crippen molar-refractivity contribution in [3.05, 3.63) is 23.8 Å². The van der Waals surface area contributed by atoms with E-state index in [1.54, 1.807) is 18.2 Å². The van der Waals surface area contributed by atoms with E-state index < -0.39 is 6.23 Å². The number of piperazine rings is 1. The Hall–Kier alpha value is -1.92. The normalized spacial score (nSPS) is 21.8. The lowest BCUT2D eigenvalue weighted by atomic mass is 10.1. The maximum atomic E-state index is 12.3. The zero-order valence-electron chi connectivity index (χ0n) is 12.7. The molecule has 2 aliphatic heterocycles. The van der Waals surface area contributed by atoms with Crippen molar-refractivity contribution in [1.82, 2.24) is 9.80 Å². The quantitative estimate of drug-likeness (QED) is 0.642. The highest BCUT2D eigenvalue weighted by Crippen LogP contribution is 2.32. The van der Waals surface area contributed by atoms with Crippen molar-refractivity contribution in [1.29, 1.82) is 0 Å². The molecular weight excluding hydrogens is 282 g/mol. The summed E-state index contributed by atoms with van der Waals surface area (Å²) in [4.78, 5) is 27.7. The van der Waals surface area contributed by atoms with Crippen LogP contribution in [0.4, 0.5) is 5.69 Å². The summed E-state index contributed by atoms with van der Waals surface area (Å²) in [6, 6.07) is 5.30. The molecule has 0 bridgehead atoms. The van der Waals surface area contributed by atoms with Crippen LogP contribution in [0, 0.1) is 0 Å². The van der Waals surface area contributed by atoms with Crippen LogP contribution in [0.1, 0.15) is 16.8 Å². The fourth-order valence-electron chi connectivity index (χ4n) is 2.77. The SMILES string of the molecule is CN1CCN(CCC(=O)c2ccc3c(c2)OC(C=O)N3)CC1. The number of hydrogen-bond donors (Lipinski definition) is 1. The van der Waals surface area contributed by atoms with Crippen LogP contribution in [0.2, 0.25) is 0 Å².